The van der Waals surface area contributed by atoms with Gasteiger partial charge in [0.1, 0.15) is 0 Å². The van der Waals surface area contributed by atoms with E-state index in [1.165, 1.54) is 11.1 Å². The third-order valence-corrected chi connectivity index (χ3v) is 4.71. The summed E-state index contributed by atoms with van der Waals surface area (Å²) in [7, 11) is 0. The first kappa shape index (κ1) is 20.4. The van der Waals surface area contributed by atoms with Crippen molar-refractivity contribution in [2.45, 2.75) is 46.1 Å². The zero-order chi connectivity index (χ0) is 21.0. The number of benzene rings is 1. The Morgan fingerprint density at radius 3 is 2.45 bits per heavy atom. The number of hydrogen-bond donors (Lipinski definition) is 2. The van der Waals surface area contributed by atoms with E-state index in [0.717, 1.165) is 0 Å². The number of H-pyrrole nitrogens is 1. The maximum absolute atomic E-state index is 12.6. The van der Waals surface area contributed by atoms with Crippen LogP contribution in [0.4, 0.5) is 0 Å². The highest BCUT2D eigenvalue weighted by atomic mass is 16.2. The standard InChI is InChI=1S/C22H25N5O2/c1-14-8-5-6-9-16(14)13-22(3,4)27-18(28)12-17-15(2)25-20(26-21(17)29)19-23-10-7-11-24-19/h5-11H,12-13H2,1-4H3,(H,27,28)(H,25,26,29). The number of carbonyl (C=O) groups is 1. The molecule has 0 fully saturated rings. The third-order valence-electron chi connectivity index (χ3n) is 4.71. The molecule has 0 saturated heterocycles. The summed E-state index contributed by atoms with van der Waals surface area (Å²) >= 11 is 0. The lowest BCUT2D eigenvalue weighted by Crippen LogP contribution is -2.46. The van der Waals surface area contributed by atoms with Gasteiger partial charge in [-0.3, -0.25) is 9.59 Å². The van der Waals surface area contributed by atoms with Crippen LogP contribution in [0.3, 0.4) is 0 Å². The minimum absolute atomic E-state index is 0.0404. The fourth-order valence-electron chi connectivity index (χ4n) is 3.26. The van der Waals surface area contributed by atoms with Gasteiger partial charge in [-0.25, -0.2) is 15.0 Å². The van der Waals surface area contributed by atoms with Crippen molar-refractivity contribution < 1.29 is 4.79 Å². The molecule has 2 N–H and O–H groups in total. The Morgan fingerprint density at radius 1 is 1.10 bits per heavy atom. The second-order valence-electron chi connectivity index (χ2n) is 7.76. The fourth-order valence-corrected chi connectivity index (χ4v) is 3.26. The normalized spacial score (nSPS) is 11.3. The summed E-state index contributed by atoms with van der Waals surface area (Å²) in [5.74, 6) is 0.405. The maximum Gasteiger partial charge on any atom is 0.255 e. The van der Waals surface area contributed by atoms with Gasteiger partial charge in [-0.1, -0.05) is 24.3 Å². The highest BCUT2D eigenvalue weighted by Gasteiger charge is 2.23. The van der Waals surface area contributed by atoms with Crippen LogP contribution in [-0.2, 0) is 17.6 Å². The van der Waals surface area contributed by atoms with E-state index in [2.05, 4.69) is 44.3 Å². The monoisotopic (exact) mass is 391 g/mol. The van der Waals surface area contributed by atoms with Gasteiger partial charge in [0, 0.05) is 29.2 Å². The molecule has 29 heavy (non-hydrogen) atoms. The van der Waals surface area contributed by atoms with E-state index in [1.807, 2.05) is 26.0 Å². The van der Waals surface area contributed by atoms with E-state index >= 15 is 0 Å². The molecule has 0 aliphatic carbocycles. The maximum atomic E-state index is 12.6. The highest BCUT2D eigenvalue weighted by Crippen LogP contribution is 2.16. The smallest absolute Gasteiger partial charge is 0.255 e. The number of carbonyl (C=O) groups excluding carboxylic acids is 1. The van der Waals surface area contributed by atoms with E-state index < -0.39 is 5.54 Å². The van der Waals surface area contributed by atoms with Crippen LogP contribution in [0.2, 0.25) is 0 Å². The molecule has 7 heteroatoms. The summed E-state index contributed by atoms with van der Waals surface area (Å²) in [6, 6.07) is 9.79. The van der Waals surface area contributed by atoms with Crippen LogP contribution in [-0.4, -0.2) is 31.4 Å². The quantitative estimate of drug-likeness (QED) is 0.672. The second kappa shape index (κ2) is 8.34. The SMILES string of the molecule is Cc1ccccc1CC(C)(C)NC(=O)Cc1c(C)nc(-c2ncccn2)[nH]c1=O. The summed E-state index contributed by atoms with van der Waals surface area (Å²) in [6.07, 6.45) is 3.82. The summed E-state index contributed by atoms with van der Waals surface area (Å²) in [5.41, 5.74) is 2.39. The molecule has 0 spiro atoms. The minimum Gasteiger partial charge on any atom is -0.351 e. The number of nitrogens with zero attached hydrogens (tertiary/aromatic N) is 3. The molecule has 3 aromatic rings. The molecule has 3 rings (SSSR count). The van der Waals surface area contributed by atoms with E-state index in [0.29, 0.717) is 23.5 Å². The molecule has 0 atom stereocenters. The fraction of sp³-hybridized carbons (Fsp3) is 0.318. The van der Waals surface area contributed by atoms with Crippen LogP contribution in [0.1, 0.15) is 36.2 Å². The lowest BCUT2D eigenvalue weighted by atomic mass is 9.92. The molecule has 0 aliphatic heterocycles. The number of aromatic amines is 1. The predicted molar refractivity (Wildman–Crippen MR) is 111 cm³/mol. The van der Waals surface area contributed by atoms with Crippen molar-refractivity contribution in [3.63, 3.8) is 0 Å². The van der Waals surface area contributed by atoms with E-state index in [9.17, 15) is 9.59 Å². The molecule has 1 amide bonds. The molecule has 0 bridgehead atoms. The number of hydrogen-bond acceptors (Lipinski definition) is 5. The molecule has 0 radical (unpaired) electrons. The Labute approximate surface area is 169 Å². The van der Waals surface area contributed by atoms with Crippen LogP contribution in [0.15, 0.2) is 47.5 Å². The van der Waals surface area contributed by atoms with Gasteiger partial charge in [-0.05, 0) is 51.3 Å². The van der Waals surface area contributed by atoms with Gasteiger partial charge < -0.3 is 10.3 Å². The minimum atomic E-state index is -0.449. The van der Waals surface area contributed by atoms with Gasteiger partial charge in [0.05, 0.1) is 6.42 Å². The first-order valence-corrected chi connectivity index (χ1v) is 9.48. The Bertz CT molecular complexity index is 1070. The van der Waals surface area contributed by atoms with E-state index in [1.54, 1.807) is 25.4 Å². The second-order valence-corrected chi connectivity index (χ2v) is 7.76. The lowest BCUT2D eigenvalue weighted by molar-refractivity contribution is -0.122. The first-order chi connectivity index (χ1) is 13.7. The van der Waals surface area contributed by atoms with E-state index in [4.69, 9.17) is 0 Å². The molecule has 0 saturated carbocycles. The van der Waals surface area contributed by atoms with Gasteiger partial charge >= 0.3 is 0 Å². The lowest BCUT2D eigenvalue weighted by Gasteiger charge is -2.27. The van der Waals surface area contributed by atoms with Crippen LogP contribution in [0, 0.1) is 13.8 Å². The van der Waals surface area contributed by atoms with Gasteiger partial charge in [-0.2, -0.15) is 0 Å². The van der Waals surface area contributed by atoms with Crippen molar-refractivity contribution in [3.8, 4) is 11.6 Å². The van der Waals surface area contributed by atoms with Gasteiger partial charge in [-0.15, -0.1) is 0 Å². The summed E-state index contributed by atoms with van der Waals surface area (Å²) in [5, 5.41) is 3.04. The Balaban J connectivity index is 1.73. The summed E-state index contributed by atoms with van der Waals surface area (Å²) in [4.78, 5) is 40.4. The van der Waals surface area contributed by atoms with Crippen LogP contribution >= 0.6 is 0 Å². The van der Waals surface area contributed by atoms with Crippen molar-refractivity contribution >= 4 is 5.91 Å². The van der Waals surface area contributed by atoms with Gasteiger partial charge in [0.2, 0.25) is 5.91 Å². The predicted octanol–water partition coefficient (Wildman–Crippen LogP) is 2.52. The van der Waals surface area contributed by atoms with Crippen molar-refractivity contribution in [3.05, 3.63) is 75.5 Å². The van der Waals surface area contributed by atoms with Crippen LogP contribution < -0.4 is 10.9 Å². The molecule has 2 heterocycles. The molecule has 0 unspecified atom stereocenters. The average Bonchev–Trinajstić information content (AvgIpc) is 2.66. The average molecular weight is 391 g/mol. The molecular weight excluding hydrogens is 366 g/mol. The molecule has 2 aromatic heterocycles. The van der Waals surface area contributed by atoms with Crippen molar-refractivity contribution in [2.24, 2.45) is 0 Å². The highest BCUT2D eigenvalue weighted by molar-refractivity contribution is 5.79. The van der Waals surface area contributed by atoms with Crippen LogP contribution in [0.5, 0.6) is 0 Å². The van der Waals surface area contributed by atoms with Crippen molar-refractivity contribution in [1.82, 2.24) is 25.3 Å². The van der Waals surface area contributed by atoms with Crippen LogP contribution in [0.25, 0.3) is 11.6 Å². The number of aromatic nitrogens is 4. The number of aryl methyl sites for hydroxylation is 2. The molecule has 0 aliphatic rings. The van der Waals surface area contributed by atoms with Gasteiger partial charge in [0.25, 0.3) is 5.56 Å². The number of amides is 1. The number of nitrogens with one attached hydrogen (secondary N) is 2. The Hall–Kier alpha value is -3.35. The van der Waals surface area contributed by atoms with Crippen molar-refractivity contribution in [1.29, 1.82) is 0 Å². The Morgan fingerprint density at radius 2 is 1.79 bits per heavy atom. The third kappa shape index (κ3) is 5.13. The first-order valence-electron chi connectivity index (χ1n) is 9.48. The van der Waals surface area contributed by atoms with E-state index in [-0.39, 0.29) is 23.7 Å². The van der Waals surface area contributed by atoms with Crippen molar-refractivity contribution in [2.75, 3.05) is 0 Å². The zero-order valence-electron chi connectivity index (χ0n) is 17.1. The molecule has 150 valence electrons. The Kier molecular flexibility index (Phi) is 5.87. The summed E-state index contributed by atoms with van der Waals surface area (Å²) < 4.78 is 0. The topological polar surface area (TPSA) is 101 Å². The largest absolute Gasteiger partial charge is 0.351 e. The molecule has 7 nitrogen and oxygen atoms in total. The molecule has 1 aromatic carbocycles. The number of rotatable bonds is 6. The zero-order valence-corrected chi connectivity index (χ0v) is 17.1. The summed E-state index contributed by atoms with van der Waals surface area (Å²) in [6.45, 7) is 7.72. The molecular formula is C22H25N5O2. The van der Waals surface area contributed by atoms with Gasteiger partial charge in [0.15, 0.2) is 11.6 Å².